The molecular formula is C18H21NO3. The molecule has 0 saturated heterocycles. The molecule has 0 aliphatic rings. The van der Waals surface area contributed by atoms with Gasteiger partial charge in [0.05, 0.1) is 19.2 Å². The van der Waals surface area contributed by atoms with Crippen molar-refractivity contribution in [2.24, 2.45) is 0 Å². The Bertz CT molecular complexity index is 625. The van der Waals surface area contributed by atoms with Gasteiger partial charge in [-0.3, -0.25) is 4.79 Å². The molecule has 2 rings (SSSR count). The number of nitrogens with zero attached hydrogens (tertiary/aromatic N) is 1. The van der Waals surface area contributed by atoms with Gasteiger partial charge >= 0.3 is 5.97 Å². The van der Waals surface area contributed by atoms with Crippen LogP contribution < -0.4 is 9.64 Å². The fourth-order valence-corrected chi connectivity index (χ4v) is 2.37. The minimum Gasteiger partial charge on any atom is -0.495 e. The van der Waals surface area contributed by atoms with Gasteiger partial charge in [0, 0.05) is 13.1 Å². The van der Waals surface area contributed by atoms with E-state index in [1.807, 2.05) is 55.5 Å². The van der Waals surface area contributed by atoms with Crippen molar-refractivity contribution >= 4 is 11.7 Å². The fraction of sp³-hybridized carbons (Fsp3) is 0.278. The lowest BCUT2D eigenvalue weighted by Gasteiger charge is -2.26. The Kier molecular flexibility index (Phi) is 5.42. The van der Waals surface area contributed by atoms with Crippen molar-refractivity contribution in [2.45, 2.75) is 19.9 Å². The second kappa shape index (κ2) is 7.50. The van der Waals surface area contributed by atoms with Gasteiger partial charge < -0.3 is 14.7 Å². The van der Waals surface area contributed by atoms with Crippen molar-refractivity contribution in [3.8, 4) is 5.75 Å². The lowest BCUT2D eigenvalue weighted by molar-refractivity contribution is -0.136. The van der Waals surface area contributed by atoms with E-state index >= 15 is 0 Å². The Hall–Kier alpha value is -2.49. The second-order valence-electron chi connectivity index (χ2n) is 5.23. The molecule has 0 atom stereocenters. The summed E-state index contributed by atoms with van der Waals surface area (Å²) in [5.74, 6) is -0.0448. The highest BCUT2D eigenvalue weighted by Gasteiger charge is 2.14. The van der Waals surface area contributed by atoms with Gasteiger partial charge in [-0.25, -0.2) is 0 Å². The lowest BCUT2D eigenvalue weighted by atomic mass is 10.1. The first-order valence-corrected chi connectivity index (χ1v) is 7.25. The molecule has 0 aromatic heterocycles. The minimum absolute atomic E-state index is 0.0872. The third-order valence-electron chi connectivity index (χ3n) is 3.49. The Morgan fingerprint density at radius 2 is 1.91 bits per heavy atom. The van der Waals surface area contributed by atoms with E-state index in [1.165, 1.54) is 0 Å². The van der Waals surface area contributed by atoms with Crippen molar-refractivity contribution in [2.75, 3.05) is 18.6 Å². The average molecular weight is 299 g/mol. The molecule has 4 heteroatoms. The molecule has 0 aliphatic heterocycles. The van der Waals surface area contributed by atoms with Crippen LogP contribution in [0.5, 0.6) is 5.75 Å². The maximum atomic E-state index is 11.0. The van der Waals surface area contributed by atoms with Crippen molar-refractivity contribution < 1.29 is 14.6 Å². The number of aliphatic carboxylic acids is 1. The van der Waals surface area contributed by atoms with Gasteiger partial charge in [0.1, 0.15) is 5.75 Å². The van der Waals surface area contributed by atoms with Gasteiger partial charge in [0.25, 0.3) is 0 Å². The summed E-state index contributed by atoms with van der Waals surface area (Å²) in [5.41, 5.74) is 3.17. The average Bonchev–Trinajstić information content (AvgIpc) is 2.52. The predicted molar refractivity (Wildman–Crippen MR) is 87.5 cm³/mol. The van der Waals surface area contributed by atoms with Crippen molar-refractivity contribution in [3.63, 3.8) is 0 Å². The van der Waals surface area contributed by atoms with Crippen LogP contribution in [0.3, 0.4) is 0 Å². The summed E-state index contributed by atoms with van der Waals surface area (Å²) in [6.07, 6.45) is 0.0872. The fourth-order valence-electron chi connectivity index (χ4n) is 2.37. The Morgan fingerprint density at radius 1 is 1.18 bits per heavy atom. The summed E-state index contributed by atoms with van der Waals surface area (Å²) < 4.78 is 5.44. The van der Waals surface area contributed by atoms with Gasteiger partial charge in [0.2, 0.25) is 0 Å². The number of methoxy groups -OCH3 is 1. The highest BCUT2D eigenvalue weighted by Crippen LogP contribution is 2.30. The molecule has 1 N–H and O–H groups in total. The molecular weight excluding hydrogens is 278 g/mol. The lowest BCUT2D eigenvalue weighted by Crippen LogP contribution is -2.26. The zero-order valence-electron chi connectivity index (χ0n) is 13.0. The number of anilines is 1. The summed E-state index contributed by atoms with van der Waals surface area (Å²) in [6, 6.07) is 16.0. The molecule has 0 heterocycles. The number of aryl methyl sites for hydroxylation is 1. The van der Waals surface area contributed by atoms with E-state index in [1.54, 1.807) is 7.11 Å². The zero-order valence-corrected chi connectivity index (χ0v) is 13.0. The summed E-state index contributed by atoms with van der Waals surface area (Å²) in [4.78, 5) is 13.0. The molecule has 0 saturated carbocycles. The van der Waals surface area contributed by atoms with E-state index in [0.717, 1.165) is 22.6 Å². The number of benzene rings is 2. The molecule has 0 unspecified atom stereocenters. The zero-order chi connectivity index (χ0) is 15.9. The molecule has 116 valence electrons. The van der Waals surface area contributed by atoms with Gasteiger partial charge in [-0.15, -0.1) is 0 Å². The summed E-state index contributed by atoms with van der Waals surface area (Å²) in [7, 11) is 1.63. The Balaban J connectivity index is 2.31. The molecule has 2 aromatic carbocycles. The number of rotatable bonds is 7. The van der Waals surface area contributed by atoms with E-state index in [2.05, 4.69) is 4.90 Å². The summed E-state index contributed by atoms with van der Waals surface area (Å²) >= 11 is 0. The number of carboxylic acid groups (broad SMARTS) is 1. The van der Waals surface area contributed by atoms with Crippen LogP contribution in [0.4, 0.5) is 5.69 Å². The van der Waals surface area contributed by atoms with Crippen LogP contribution in [0, 0.1) is 6.92 Å². The van der Waals surface area contributed by atoms with Gasteiger partial charge in [-0.05, 0) is 30.2 Å². The molecule has 0 fully saturated rings. The van der Waals surface area contributed by atoms with Crippen LogP contribution in [-0.2, 0) is 11.3 Å². The highest BCUT2D eigenvalue weighted by molar-refractivity contribution is 5.68. The first kappa shape index (κ1) is 15.9. The molecule has 0 spiro atoms. The van der Waals surface area contributed by atoms with Crippen LogP contribution >= 0.6 is 0 Å². The molecule has 22 heavy (non-hydrogen) atoms. The molecule has 2 aromatic rings. The Labute approximate surface area is 131 Å². The number of ether oxygens (including phenoxy) is 1. The summed E-state index contributed by atoms with van der Waals surface area (Å²) in [5, 5.41) is 9.00. The van der Waals surface area contributed by atoms with E-state index in [-0.39, 0.29) is 6.42 Å². The van der Waals surface area contributed by atoms with Gasteiger partial charge in [0.15, 0.2) is 0 Å². The molecule has 0 bridgehead atoms. The first-order chi connectivity index (χ1) is 10.6. The molecule has 0 amide bonds. The SMILES string of the molecule is COc1ccc(C)cc1N(CCC(=O)O)Cc1ccccc1. The normalized spacial score (nSPS) is 10.3. The van der Waals surface area contributed by atoms with Crippen LogP contribution in [0.25, 0.3) is 0 Å². The largest absolute Gasteiger partial charge is 0.495 e. The van der Waals surface area contributed by atoms with Crippen LogP contribution in [0.2, 0.25) is 0 Å². The minimum atomic E-state index is -0.801. The number of hydrogen-bond acceptors (Lipinski definition) is 3. The molecule has 4 nitrogen and oxygen atoms in total. The number of hydrogen-bond donors (Lipinski definition) is 1. The van der Waals surface area contributed by atoms with Crippen molar-refractivity contribution in [1.29, 1.82) is 0 Å². The van der Waals surface area contributed by atoms with E-state index in [0.29, 0.717) is 13.1 Å². The number of carbonyl (C=O) groups is 1. The van der Waals surface area contributed by atoms with Crippen LogP contribution in [-0.4, -0.2) is 24.7 Å². The monoisotopic (exact) mass is 299 g/mol. The van der Waals surface area contributed by atoms with E-state index < -0.39 is 5.97 Å². The standard InChI is InChI=1S/C18H21NO3/c1-14-8-9-17(22-2)16(12-14)19(11-10-18(20)21)13-15-6-4-3-5-7-15/h3-9,12H,10-11,13H2,1-2H3,(H,20,21). The van der Waals surface area contributed by atoms with Crippen LogP contribution in [0.1, 0.15) is 17.5 Å². The van der Waals surface area contributed by atoms with E-state index in [4.69, 9.17) is 9.84 Å². The maximum Gasteiger partial charge on any atom is 0.305 e. The van der Waals surface area contributed by atoms with Crippen molar-refractivity contribution in [1.82, 2.24) is 0 Å². The first-order valence-electron chi connectivity index (χ1n) is 7.25. The number of carboxylic acids is 1. The molecule has 0 radical (unpaired) electrons. The van der Waals surface area contributed by atoms with Crippen LogP contribution in [0.15, 0.2) is 48.5 Å². The topological polar surface area (TPSA) is 49.8 Å². The second-order valence-corrected chi connectivity index (χ2v) is 5.23. The third kappa shape index (κ3) is 4.25. The summed E-state index contributed by atoms with van der Waals surface area (Å²) in [6.45, 7) is 3.10. The Morgan fingerprint density at radius 3 is 2.55 bits per heavy atom. The van der Waals surface area contributed by atoms with Gasteiger partial charge in [-0.1, -0.05) is 36.4 Å². The predicted octanol–water partition coefficient (Wildman–Crippen LogP) is 3.48. The third-order valence-corrected chi connectivity index (χ3v) is 3.49. The molecule has 0 aliphatic carbocycles. The van der Waals surface area contributed by atoms with E-state index in [9.17, 15) is 4.79 Å². The highest BCUT2D eigenvalue weighted by atomic mass is 16.5. The van der Waals surface area contributed by atoms with Gasteiger partial charge in [-0.2, -0.15) is 0 Å². The van der Waals surface area contributed by atoms with Crippen molar-refractivity contribution in [3.05, 3.63) is 59.7 Å². The smallest absolute Gasteiger partial charge is 0.305 e. The quantitative estimate of drug-likeness (QED) is 0.850. The maximum absolute atomic E-state index is 11.0.